The molecule has 0 aliphatic rings. The molecule has 15 heavy (non-hydrogen) atoms. The number of nitrogens with zero attached hydrogens (tertiary/aromatic N) is 2. The summed E-state index contributed by atoms with van der Waals surface area (Å²) in [5, 5.41) is 4.32. The molecule has 3 nitrogen and oxygen atoms in total. The Balaban J connectivity index is 2.69. The van der Waals surface area contributed by atoms with Gasteiger partial charge < -0.3 is 5.73 Å². The third-order valence-electron chi connectivity index (χ3n) is 1.91. The fraction of sp³-hybridized carbons (Fsp3) is 0. The molecule has 0 aliphatic heterocycles. The number of para-hydroxylation sites is 1. The van der Waals surface area contributed by atoms with Crippen molar-refractivity contribution in [3.8, 4) is 5.69 Å². The van der Waals surface area contributed by atoms with Crippen LogP contribution in [0.4, 0.5) is 10.2 Å². The quantitative estimate of drug-likeness (QED) is 0.840. The molecule has 1 aromatic heterocycles. The first-order chi connectivity index (χ1) is 7.11. The van der Waals surface area contributed by atoms with E-state index in [0.29, 0.717) is 0 Å². The van der Waals surface area contributed by atoms with Gasteiger partial charge in [-0.25, -0.2) is 9.07 Å². The minimum absolute atomic E-state index is 0.101. The van der Waals surface area contributed by atoms with Gasteiger partial charge in [0.25, 0.3) is 0 Å². The Bertz CT molecular complexity index is 490. The lowest BCUT2D eigenvalue weighted by atomic mass is 10.3. The first kappa shape index (κ1) is 10.3. The highest BCUT2D eigenvalue weighted by molar-refractivity contribution is 6.33. The van der Waals surface area contributed by atoms with Crippen LogP contribution >= 0.6 is 23.2 Å². The summed E-state index contributed by atoms with van der Waals surface area (Å²) in [5.74, 6) is -0.349. The third-order valence-corrected chi connectivity index (χ3v) is 2.50. The maximum atomic E-state index is 13.5. The fourth-order valence-electron chi connectivity index (χ4n) is 1.21. The minimum atomic E-state index is -0.506. The van der Waals surface area contributed by atoms with E-state index >= 15 is 0 Å². The zero-order chi connectivity index (χ0) is 11.0. The summed E-state index contributed by atoms with van der Waals surface area (Å²) < 4.78 is 14.6. The molecule has 1 heterocycles. The van der Waals surface area contributed by atoms with Crippen LogP contribution in [0.5, 0.6) is 0 Å². The Hall–Kier alpha value is -1.26. The molecule has 78 valence electrons. The van der Waals surface area contributed by atoms with Gasteiger partial charge in [-0.1, -0.05) is 29.3 Å². The lowest BCUT2D eigenvalue weighted by Crippen LogP contribution is -2.04. The van der Waals surface area contributed by atoms with E-state index in [1.165, 1.54) is 23.0 Å². The molecule has 2 aromatic rings. The van der Waals surface area contributed by atoms with Crippen LogP contribution in [-0.2, 0) is 0 Å². The van der Waals surface area contributed by atoms with Gasteiger partial charge in [-0.15, -0.1) is 0 Å². The van der Waals surface area contributed by atoms with Gasteiger partial charge in [-0.2, -0.15) is 5.10 Å². The molecule has 0 fully saturated rings. The average Bonchev–Trinajstić information content (AvgIpc) is 2.49. The van der Waals surface area contributed by atoms with Crippen molar-refractivity contribution in [2.24, 2.45) is 0 Å². The summed E-state index contributed by atoms with van der Waals surface area (Å²) in [6, 6.07) is 4.33. The number of nitrogen functional groups attached to an aromatic ring is 1. The zero-order valence-corrected chi connectivity index (χ0v) is 8.93. The topological polar surface area (TPSA) is 43.8 Å². The van der Waals surface area contributed by atoms with Gasteiger partial charge >= 0.3 is 0 Å². The highest BCUT2D eigenvalue weighted by Gasteiger charge is 2.14. The van der Waals surface area contributed by atoms with Crippen molar-refractivity contribution < 1.29 is 4.39 Å². The molecular weight excluding hydrogens is 240 g/mol. The summed E-state index contributed by atoms with van der Waals surface area (Å²) in [7, 11) is 0. The van der Waals surface area contributed by atoms with Gasteiger partial charge in [0, 0.05) is 0 Å². The van der Waals surface area contributed by atoms with Gasteiger partial charge in [0.15, 0.2) is 0 Å². The van der Waals surface area contributed by atoms with E-state index in [2.05, 4.69) is 5.10 Å². The van der Waals surface area contributed by atoms with Crippen molar-refractivity contribution in [1.82, 2.24) is 9.78 Å². The zero-order valence-electron chi connectivity index (χ0n) is 7.42. The van der Waals surface area contributed by atoms with E-state index in [9.17, 15) is 4.39 Å². The maximum Gasteiger partial charge on any atom is 0.150 e. The van der Waals surface area contributed by atoms with Crippen LogP contribution in [0.15, 0.2) is 24.4 Å². The number of halogens is 3. The molecule has 0 saturated carbocycles. The number of nitrogens with two attached hydrogens (primary N) is 1. The third kappa shape index (κ3) is 1.66. The van der Waals surface area contributed by atoms with Gasteiger partial charge in [0.05, 0.1) is 11.2 Å². The Kier molecular flexibility index (Phi) is 2.54. The second-order valence-electron chi connectivity index (χ2n) is 2.86. The standard InChI is InChI=1S/C9H6Cl2FN3/c10-5-2-1-3-7(12)8(5)15-9(13)6(11)4-14-15/h1-4H,13H2. The van der Waals surface area contributed by atoms with Gasteiger partial charge in [0.1, 0.15) is 22.3 Å². The predicted octanol–water partition coefficient (Wildman–Crippen LogP) is 2.90. The molecule has 1 aromatic carbocycles. The first-order valence-electron chi connectivity index (χ1n) is 4.04. The van der Waals surface area contributed by atoms with Crippen molar-refractivity contribution in [3.63, 3.8) is 0 Å². The van der Waals surface area contributed by atoms with E-state index in [4.69, 9.17) is 28.9 Å². The molecule has 0 amide bonds. The SMILES string of the molecule is Nc1c(Cl)cnn1-c1c(F)cccc1Cl. The van der Waals surface area contributed by atoms with Crippen LogP contribution in [0.25, 0.3) is 5.69 Å². The monoisotopic (exact) mass is 245 g/mol. The summed E-state index contributed by atoms with van der Waals surface area (Å²) in [5.41, 5.74) is 5.72. The van der Waals surface area contributed by atoms with Crippen molar-refractivity contribution in [2.75, 3.05) is 5.73 Å². The number of hydrogen-bond acceptors (Lipinski definition) is 2. The van der Waals surface area contributed by atoms with Crippen LogP contribution in [0.2, 0.25) is 10.0 Å². The number of anilines is 1. The second-order valence-corrected chi connectivity index (χ2v) is 3.67. The molecule has 2 rings (SSSR count). The normalized spacial score (nSPS) is 10.6. The molecule has 2 N–H and O–H groups in total. The molecular formula is C9H6Cl2FN3. The van der Waals surface area contributed by atoms with E-state index < -0.39 is 5.82 Å². The largest absolute Gasteiger partial charge is 0.382 e. The van der Waals surface area contributed by atoms with Gasteiger partial charge in [-0.05, 0) is 12.1 Å². The van der Waals surface area contributed by atoms with Crippen LogP contribution in [0.1, 0.15) is 0 Å². The maximum absolute atomic E-state index is 13.5. The van der Waals surface area contributed by atoms with Crippen LogP contribution in [0, 0.1) is 5.82 Å². The molecule has 0 unspecified atom stereocenters. The van der Waals surface area contributed by atoms with Crippen molar-refractivity contribution in [1.29, 1.82) is 0 Å². The fourth-order valence-corrected chi connectivity index (χ4v) is 1.57. The van der Waals surface area contributed by atoms with Crippen LogP contribution in [-0.4, -0.2) is 9.78 Å². The summed E-state index contributed by atoms with van der Waals surface area (Å²) >= 11 is 11.6. The summed E-state index contributed by atoms with van der Waals surface area (Å²) in [6.45, 7) is 0. The van der Waals surface area contributed by atoms with E-state index in [0.717, 1.165) is 0 Å². The Morgan fingerprint density at radius 1 is 1.27 bits per heavy atom. The van der Waals surface area contributed by atoms with Crippen LogP contribution < -0.4 is 5.73 Å². The molecule has 0 saturated heterocycles. The van der Waals surface area contributed by atoms with E-state index in [-0.39, 0.29) is 21.6 Å². The van der Waals surface area contributed by atoms with Gasteiger partial charge in [-0.3, -0.25) is 0 Å². The molecule has 0 radical (unpaired) electrons. The lowest BCUT2D eigenvalue weighted by Gasteiger charge is -2.07. The summed E-state index contributed by atoms with van der Waals surface area (Å²) in [6.07, 6.45) is 1.33. The molecule has 0 spiro atoms. The smallest absolute Gasteiger partial charge is 0.150 e. The Morgan fingerprint density at radius 3 is 2.53 bits per heavy atom. The molecule has 6 heteroatoms. The van der Waals surface area contributed by atoms with Crippen molar-refractivity contribution >= 4 is 29.0 Å². The number of hydrogen-bond donors (Lipinski definition) is 1. The second kappa shape index (κ2) is 3.72. The van der Waals surface area contributed by atoms with E-state index in [1.807, 2.05) is 0 Å². The van der Waals surface area contributed by atoms with Crippen LogP contribution in [0.3, 0.4) is 0 Å². The Morgan fingerprint density at radius 2 is 2.00 bits per heavy atom. The summed E-state index contributed by atoms with van der Waals surface area (Å²) in [4.78, 5) is 0. The van der Waals surface area contributed by atoms with Crippen molar-refractivity contribution in [3.05, 3.63) is 40.3 Å². The molecule has 0 aliphatic carbocycles. The number of benzene rings is 1. The molecule has 0 atom stereocenters. The van der Waals surface area contributed by atoms with Gasteiger partial charge in [0.2, 0.25) is 0 Å². The minimum Gasteiger partial charge on any atom is -0.382 e. The van der Waals surface area contributed by atoms with Crippen molar-refractivity contribution in [2.45, 2.75) is 0 Å². The lowest BCUT2D eigenvalue weighted by molar-refractivity contribution is 0.612. The predicted molar refractivity (Wildman–Crippen MR) is 58.0 cm³/mol. The Labute approximate surface area is 95.2 Å². The number of aromatic nitrogens is 2. The van der Waals surface area contributed by atoms with E-state index in [1.54, 1.807) is 6.07 Å². The average molecular weight is 246 g/mol. The molecule has 0 bridgehead atoms. The highest BCUT2D eigenvalue weighted by atomic mass is 35.5. The first-order valence-corrected chi connectivity index (χ1v) is 4.80. The highest BCUT2D eigenvalue weighted by Crippen LogP contribution is 2.28. The number of rotatable bonds is 1.